The second-order valence-electron chi connectivity index (χ2n) is 6.36. The van der Waals surface area contributed by atoms with Gasteiger partial charge in [0.25, 0.3) is 0 Å². The van der Waals surface area contributed by atoms with Crippen LogP contribution in [0.4, 0.5) is 0 Å². The highest BCUT2D eigenvalue weighted by molar-refractivity contribution is 7.81. The molecule has 0 N–H and O–H groups in total. The molecule has 0 amide bonds. The zero-order valence-corrected chi connectivity index (χ0v) is 18.1. The van der Waals surface area contributed by atoms with Gasteiger partial charge in [0.2, 0.25) is 0 Å². The van der Waals surface area contributed by atoms with E-state index in [1.165, 1.54) is 0 Å². The summed E-state index contributed by atoms with van der Waals surface area (Å²) in [5.74, 6) is 0.840. The van der Waals surface area contributed by atoms with Gasteiger partial charge in [-0.05, 0) is 66.6 Å². The fourth-order valence-electron chi connectivity index (χ4n) is 2.68. The van der Waals surface area contributed by atoms with E-state index >= 15 is 0 Å². The predicted molar refractivity (Wildman–Crippen MR) is 127 cm³/mol. The van der Waals surface area contributed by atoms with Gasteiger partial charge in [-0.2, -0.15) is 0 Å². The van der Waals surface area contributed by atoms with Gasteiger partial charge in [0, 0.05) is 15.4 Å². The van der Waals surface area contributed by atoms with Crippen LogP contribution in [-0.2, 0) is 0 Å². The molecule has 0 aliphatic carbocycles. The molecule has 0 aliphatic rings. The Bertz CT molecular complexity index is 1120. The minimum atomic E-state index is 0.840. The number of benzene rings is 3. The molecule has 5 heteroatoms. The molecule has 29 heavy (non-hydrogen) atoms. The van der Waals surface area contributed by atoms with E-state index < -0.39 is 0 Å². The van der Waals surface area contributed by atoms with Gasteiger partial charge in [0.05, 0.1) is 30.0 Å². The van der Waals surface area contributed by atoms with E-state index in [1.807, 2.05) is 67.6 Å². The Labute approximate surface area is 182 Å². The fourth-order valence-corrected chi connectivity index (χ4v) is 3.31. The van der Waals surface area contributed by atoms with Crippen molar-refractivity contribution >= 4 is 42.4 Å². The second kappa shape index (κ2) is 9.63. The standard InChI is InChI=1S/C15H12N2O.C9H10S2/c1-18-12-8-6-11(7-9-12)15-10-16-13-4-2-3-5-14(13)17-15;1-3-7-4-8(10)6(2)9(11)5-7/h2-10H,1H3;3-5,10-11H,1H2,2H3. The van der Waals surface area contributed by atoms with Gasteiger partial charge in [-0.25, -0.2) is 4.98 Å². The second-order valence-corrected chi connectivity index (χ2v) is 7.32. The first-order chi connectivity index (χ1) is 14.0. The van der Waals surface area contributed by atoms with E-state index in [0.29, 0.717) is 0 Å². The predicted octanol–water partition coefficient (Wildman–Crippen LogP) is 6.52. The maximum Gasteiger partial charge on any atom is 0.118 e. The summed E-state index contributed by atoms with van der Waals surface area (Å²) in [6, 6.07) is 19.6. The van der Waals surface area contributed by atoms with Crippen LogP contribution in [0.5, 0.6) is 5.75 Å². The number of ether oxygens (including phenoxy) is 1. The van der Waals surface area contributed by atoms with Crippen LogP contribution in [0.25, 0.3) is 28.4 Å². The molecule has 0 atom stereocenters. The lowest BCUT2D eigenvalue weighted by Crippen LogP contribution is -1.88. The lowest BCUT2D eigenvalue weighted by molar-refractivity contribution is 0.415. The normalized spacial score (nSPS) is 10.2. The van der Waals surface area contributed by atoms with E-state index in [1.54, 1.807) is 19.4 Å². The Morgan fingerprint density at radius 1 is 0.931 bits per heavy atom. The van der Waals surface area contributed by atoms with Gasteiger partial charge in [-0.3, -0.25) is 4.98 Å². The molecule has 1 aromatic heterocycles. The van der Waals surface area contributed by atoms with E-state index in [9.17, 15) is 0 Å². The summed E-state index contributed by atoms with van der Waals surface area (Å²) in [5.41, 5.74) is 5.90. The van der Waals surface area contributed by atoms with Crippen molar-refractivity contribution in [3.63, 3.8) is 0 Å². The zero-order chi connectivity index (χ0) is 20.8. The van der Waals surface area contributed by atoms with E-state index in [2.05, 4.69) is 41.8 Å². The fraction of sp³-hybridized carbons (Fsp3) is 0.0833. The van der Waals surface area contributed by atoms with Gasteiger partial charge >= 0.3 is 0 Å². The van der Waals surface area contributed by atoms with Crippen molar-refractivity contribution in [3.05, 3.63) is 84.6 Å². The SMILES string of the molecule is C=Cc1cc(S)c(C)c(S)c1.COc1ccc(-c2cnc3ccccc3n2)cc1. The third kappa shape index (κ3) is 5.19. The molecule has 146 valence electrons. The van der Waals surface area contributed by atoms with Gasteiger partial charge in [0.1, 0.15) is 5.75 Å². The maximum absolute atomic E-state index is 5.14. The van der Waals surface area contributed by atoms with E-state index in [-0.39, 0.29) is 0 Å². The molecule has 0 spiro atoms. The molecule has 4 rings (SSSR count). The molecule has 3 nitrogen and oxygen atoms in total. The van der Waals surface area contributed by atoms with Crippen LogP contribution in [0.2, 0.25) is 0 Å². The monoisotopic (exact) mass is 418 g/mol. The Balaban J connectivity index is 0.000000188. The van der Waals surface area contributed by atoms with Crippen molar-refractivity contribution in [1.82, 2.24) is 9.97 Å². The smallest absolute Gasteiger partial charge is 0.118 e. The molecular formula is C24H22N2OS2. The molecule has 3 aromatic carbocycles. The van der Waals surface area contributed by atoms with Gasteiger partial charge in [0.15, 0.2) is 0 Å². The van der Waals surface area contributed by atoms with Gasteiger partial charge in [-0.1, -0.05) is 24.8 Å². The Morgan fingerprint density at radius 3 is 2.14 bits per heavy atom. The summed E-state index contributed by atoms with van der Waals surface area (Å²) >= 11 is 8.59. The highest BCUT2D eigenvalue weighted by atomic mass is 32.1. The molecule has 0 fully saturated rings. The first-order valence-corrected chi connectivity index (χ1v) is 9.92. The molecule has 0 saturated heterocycles. The van der Waals surface area contributed by atoms with Crippen molar-refractivity contribution < 1.29 is 4.74 Å². The number of thiol groups is 2. The zero-order valence-electron chi connectivity index (χ0n) is 16.3. The third-order valence-corrected chi connectivity index (χ3v) is 5.37. The van der Waals surface area contributed by atoms with Gasteiger partial charge in [-0.15, -0.1) is 25.3 Å². The van der Waals surface area contributed by atoms with Crippen LogP contribution < -0.4 is 4.74 Å². The summed E-state index contributed by atoms with van der Waals surface area (Å²) in [7, 11) is 1.66. The minimum absolute atomic E-state index is 0.840. The van der Waals surface area contributed by atoms with Crippen molar-refractivity contribution in [2.75, 3.05) is 7.11 Å². The van der Waals surface area contributed by atoms with Crippen LogP contribution in [0.3, 0.4) is 0 Å². The Morgan fingerprint density at radius 2 is 1.55 bits per heavy atom. The number of fused-ring (bicyclic) bond motifs is 1. The van der Waals surface area contributed by atoms with Crippen LogP contribution >= 0.6 is 25.3 Å². The van der Waals surface area contributed by atoms with Crippen molar-refractivity contribution in [2.24, 2.45) is 0 Å². The van der Waals surface area contributed by atoms with Crippen LogP contribution in [0.15, 0.2) is 83.2 Å². The van der Waals surface area contributed by atoms with Crippen LogP contribution in [0, 0.1) is 6.92 Å². The first-order valence-electron chi connectivity index (χ1n) is 9.03. The molecule has 1 heterocycles. The molecule has 0 saturated carbocycles. The summed E-state index contributed by atoms with van der Waals surface area (Å²) in [6.07, 6.45) is 3.59. The molecule has 0 aliphatic heterocycles. The lowest BCUT2D eigenvalue weighted by atomic mass is 10.1. The highest BCUT2D eigenvalue weighted by Gasteiger charge is 2.02. The van der Waals surface area contributed by atoms with E-state index in [0.717, 1.165) is 49.0 Å². The quantitative estimate of drug-likeness (QED) is 0.372. The Hall–Kier alpha value is -2.76. The highest BCUT2D eigenvalue weighted by Crippen LogP contribution is 2.23. The van der Waals surface area contributed by atoms with Crippen molar-refractivity contribution in [3.8, 4) is 17.0 Å². The van der Waals surface area contributed by atoms with Crippen molar-refractivity contribution in [1.29, 1.82) is 0 Å². The number of methoxy groups -OCH3 is 1. The first kappa shape index (κ1) is 21.0. The average Bonchev–Trinajstić information content (AvgIpc) is 2.77. The average molecular weight is 419 g/mol. The molecular weight excluding hydrogens is 396 g/mol. The summed E-state index contributed by atoms with van der Waals surface area (Å²) in [4.78, 5) is 10.9. The number of nitrogens with zero attached hydrogens (tertiary/aromatic N) is 2. The summed E-state index contributed by atoms with van der Waals surface area (Å²) in [5, 5.41) is 0. The summed E-state index contributed by atoms with van der Waals surface area (Å²) < 4.78 is 5.14. The van der Waals surface area contributed by atoms with Gasteiger partial charge < -0.3 is 4.74 Å². The number of hydrogen-bond donors (Lipinski definition) is 2. The number of para-hydroxylation sites is 2. The lowest BCUT2D eigenvalue weighted by Gasteiger charge is -2.04. The number of rotatable bonds is 3. The van der Waals surface area contributed by atoms with E-state index in [4.69, 9.17) is 4.74 Å². The molecule has 0 bridgehead atoms. The summed E-state index contributed by atoms with van der Waals surface area (Å²) in [6.45, 7) is 5.67. The third-order valence-electron chi connectivity index (χ3n) is 4.45. The molecule has 0 radical (unpaired) electrons. The number of aromatic nitrogens is 2. The topological polar surface area (TPSA) is 35.0 Å². The van der Waals surface area contributed by atoms with Crippen molar-refractivity contribution in [2.45, 2.75) is 16.7 Å². The Kier molecular flexibility index (Phi) is 6.96. The molecule has 0 unspecified atom stereocenters. The molecule has 4 aromatic rings. The van der Waals surface area contributed by atoms with Crippen LogP contribution in [0.1, 0.15) is 11.1 Å². The minimum Gasteiger partial charge on any atom is -0.497 e. The number of hydrogen-bond acceptors (Lipinski definition) is 5. The maximum atomic E-state index is 5.14. The van der Waals surface area contributed by atoms with Crippen LogP contribution in [-0.4, -0.2) is 17.1 Å². The largest absolute Gasteiger partial charge is 0.497 e.